The third kappa shape index (κ3) is 5.05. The molecule has 0 aliphatic carbocycles. The smallest absolute Gasteiger partial charge is 0.372 e. The molecule has 3 atom stereocenters. The molecular formula is C25H22N6O14S. The largest absolute Gasteiger partial charge is 0.504 e. The van der Waals surface area contributed by atoms with Crippen LogP contribution in [0.25, 0.3) is 0 Å². The molecule has 2 fully saturated rings. The number of aromatic hydroxyl groups is 2. The maximum absolute atomic E-state index is 13.4. The third-order valence-corrected chi connectivity index (χ3v) is 7.71. The normalized spacial score (nSPS) is 23.0. The molecule has 21 heteroatoms. The minimum Gasteiger partial charge on any atom is -0.504 e. The summed E-state index contributed by atoms with van der Waals surface area (Å²) in [6.07, 6.45) is -1.00. The van der Waals surface area contributed by atoms with Gasteiger partial charge in [0.05, 0.1) is 17.5 Å². The fraction of sp³-hybridized carbons (Fsp3) is 0.320. The minimum absolute atomic E-state index is 0.00659. The van der Waals surface area contributed by atoms with Crippen molar-refractivity contribution in [3.8, 4) is 11.5 Å². The number of nitrogen functional groups attached to an aromatic ring is 1. The Balaban J connectivity index is 1.37. The number of benzene rings is 1. The van der Waals surface area contributed by atoms with Crippen LogP contribution in [0.4, 0.5) is 5.13 Å². The summed E-state index contributed by atoms with van der Waals surface area (Å²) in [5.74, 6) is -10.8. The lowest BCUT2D eigenvalue weighted by Gasteiger charge is -2.30. The van der Waals surface area contributed by atoms with Crippen LogP contribution in [-0.4, -0.2) is 113 Å². The number of nitrogens with zero attached hydrogens (tertiary/aromatic N) is 4. The fourth-order valence-electron chi connectivity index (χ4n) is 4.56. The summed E-state index contributed by atoms with van der Waals surface area (Å²) in [6.45, 7) is 1.60. The second kappa shape index (κ2) is 11.0. The van der Waals surface area contributed by atoms with E-state index < -0.39 is 95.2 Å². The Morgan fingerprint density at radius 1 is 1.13 bits per heavy atom. The van der Waals surface area contributed by atoms with E-state index in [1.54, 1.807) is 0 Å². The van der Waals surface area contributed by atoms with E-state index in [2.05, 4.69) is 15.5 Å². The van der Waals surface area contributed by atoms with Crippen molar-refractivity contribution in [2.75, 3.05) is 12.3 Å². The van der Waals surface area contributed by atoms with Gasteiger partial charge in [-0.3, -0.25) is 28.9 Å². The number of aliphatic carboxylic acids is 2. The van der Waals surface area contributed by atoms with Crippen LogP contribution in [0.2, 0.25) is 0 Å². The Morgan fingerprint density at radius 3 is 2.26 bits per heavy atom. The number of phenols is 2. The maximum Gasteiger partial charge on any atom is 0.372 e. The summed E-state index contributed by atoms with van der Waals surface area (Å²) in [7, 11) is 0. The van der Waals surface area contributed by atoms with Crippen molar-refractivity contribution in [3.63, 3.8) is 0 Å². The van der Waals surface area contributed by atoms with E-state index in [-0.39, 0.29) is 27.0 Å². The molecule has 2 aromatic rings. The predicted molar refractivity (Wildman–Crippen MR) is 146 cm³/mol. The monoisotopic (exact) mass is 662 g/mol. The van der Waals surface area contributed by atoms with Crippen LogP contribution in [-0.2, 0) is 38.4 Å². The van der Waals surface area contributed by atoms with Crippen molar-refractivity contribution < 1.29 is 68.4 Å². The topological polar surface area (TPSA) is 298 Å². The molecule has 0 radical (unpaired) electrons. The zero-order valence-electron chi connectivity index (χ0n) is 23.4. The number of carbonyl (C=O) groups is 7. The first-order chi connectivity index (χ1) is 21.5. The number of carboxylic acid groups (broad SMARTS) is 2. The lowest BCUT2D eigenvalue weighted by atomic mass is 10.0. The quantitative estimate of drug-likeness (QED) is 0.0577. The number of carboxylic acids is 2. The number of oxime groups is 1. The molecule has 7 N–H and O–H groups in total. The van der Waals surface area contributed by atoms with E-state index in [0.29, 0.717) is 4.90 Å². The highest BCUT2D eigenvalue weighted by Crippen LogP contribution is 2.40. The number of imide groups is 1. The Labute approximate surface area is 259 Å². The Bertz CT molecular complexity index is 1730. The second-order valence-corrected chi connectivity index (χ2v) is 11.4. The van der Waals surface area contributed by atoms with Crippen LogP contribution in [0.3, 0.4) is 0 Å². The van der Waals surface area contributed by atoms with Crippen molar-refractivity contribution in [1.82, 2.24) is 20.3 Å². The number of nitrogens with two attached hydrogens (primary N) is 1. The van der Waals surface area contributed by atoms with Crippen LogP contribution in [0, 0.1) is 0 Å². The van der Waals surface area contributed by atoms with E-state index >= 15 is 0 Å². The van der Waals surface area contributed by atoms with Gasteiger partial charge >= 0.3 is 23.6 Å². The summed E-state index contributed by atoms with van der Waals surface area (Å²) >= 11 is 0.905. The van der Waals surface area contributed by atoms with Gasteiger partial charge in [0.2, 0.25) is 5.60 Å². The highest BCUT2D eigenvalue weighted by molar-refractivity contribution is 7.13. The first-order valence-electron chi connectivity index (χ1n) is 12.9. The van der Waals surface area contributed by atoms with E-state index in [1.165, 1.54) is 5.38 Å². The molecule has 0 spiro atoms. The number of hydroxylamine groups is 2. The van der Waals surface area contributed by atoms with Gasteiger partial charge in [0, 0.05) is 5.38 Å². The van der Waals surface area contributed by atoms with Crippen LogP contribution in [0.1, 0.15) is 46.7 Å². The number of nitrogens with one attached hydrogen (secondary N) is 1. The number of phenolic OH excluding ortho intramolecular Hbond substituents is 2. The van der Waals surface area contributed by atoms with Gasteiger partial charge in [-0.2, -0.15) is 5.06 Å². The number of ether oxygens (including phenoxy) is 1. The third-order valence-electron chi connectivity index (χ3n) is 7.03. The van der Waals surface area contributed by atoms with Gasteiger partial charge < -0.3 is 41.1 Å². The lowest BCUT2D eigenvalue weighted by molar-refractivity contribution is -0.256. The molecule has 1 aromatic carbocycles. The van der Waals surface area contributed by atoms with Crippen LogP contribution in [0.15, 0.2) is 22.7 Å². The molecule has 242 valence electrons. The highest BCUT2D eigenvalue weighted by Gasteiger charge is 2.65. The first-order valence-corrected chi connectivity index (χ1v) is 13.8. The van der Waals surface area contributed by atoms with E-state index in [9.17, 15) is 54.0 Å². The molecule has 5 rings (SSSR count). The molecule has 4 amide bonds. The van der Waals surface area contributed by atoms with Gasteiger partial charge in [-0.25, -0.2) is 19.4 Å². The molecule has 46 heavy (non-hydrogen) atoms. The SMILES string of the molecule is CC(C)(ON=C(C(=O)N[C@H]1CON(C2(C(=O)O)C[C@H](N3C(=O)c4cc(O)c(O)cc4C3=O)C(=O)O2)C1=O)c1csc(N)n1)C(=O)O. The standard InChI is InChI=1S/C25H22N6O14S/c1-24(2,21(39)40)45-29-15(11-7-46-23(26)28-11)16(34)27-10-6-43-31(19(10)37)25(22(41)42)5-12(20(38)44-25)30-17(35)8-3-13(32)14(33)4-9(8)18(30)36/h3-4,7,10,12,32-33H,5-6H2,1-2H3,(H2,26,28)(H,27,34)(H,39,40)(H,41,42)/t10-,12-,25?/m0/s1. The molecule has 1 unspecified atom stereocenters. The number of carbonyl (C=O) groups excluding carboxylic acids is 5. The van der Waals surface area contributed by atoms with Gasteiger partial charge in [0.15, 0.2) is 22.3 Å². The zero-order chi connectivity index (χ0) is 33.9. The lowest BCUT2D eigenvalue weighted by Crippen LogP contribution is -2.57. The average molecular weight is 663 g/mol. The summed E-state index contributed by atoms with van der Waals surface area (Å²) < 4.78 is 5.07. The van der Waals surface area contributed by atoms with Crippen molar-refractivity contribution in [1.29, 1.82) is 0 Å². The molecule has 3 aliphatic heterocycles. The number of hydrogen-bond acceptors (Lipinski definition) is 16. The van der Waals surface area contributed by atoms with Crippen molar-refractivity contribution in [2.24, 2.45) is 5.16 Å². The molecule has 0 bridgehead atoms. The average Bonchev–Trinajstić information content (AvgIpc) is 3.71. The van der Waals surface area contributed by atoms with Crippen LogP contribution < -0.4 is 11.1 Å². The summed E-state index contributed by atoms with van der Waals surface area (Å²) in [4.78, 5) is 104. The molecule has 2 saturated heterocycles. The number of aromatic nitrogens is 1. The number of rotatable bonds is 9. The van der Waals surface area contributed by atoms with Crippen LogP contribution >= 0.6 is 11.3 Å². The number of cyclic esters (lactones) is 1. The first kappa shape index (κ1) is 31.6. The van der Waals surface area contributed by atoms with Gasteiger partial charge in [-0.1, -0.05) is 5.16 Å². The Morgan fingerprint density at radius 2 is 1.74 bits per heavy atom. The number of hydrogen-bond donors (Lipinski definition) is 6. The molecule has 1 aromatic heterocycles. The molecule has 20 nitrogen and oxygen atoms in total. The predicted octanol–water partition coefficient (Wildman–Crippen LogP) is -1.63. The van der Waals surface area contributed by atoms with Crippen molar-refractivity contribution >= 4 is 63.7 Å². The zero-order valence-corrected chi connectivity index (χ0v) is 24.3. The van der Waals surface area contributed by atoms with Gasteiger partial charge in [0.1, 0.15) is 24.4 Å². The molecular weight excluding hydrogens is 640 g/mol. The highest BCUT2D eigenvalue weighted by atomic mass is 32.1. The molecule has 4 heterocycles. The summed E-state index contributed by atoms with van der Waals surface area (Å²) in [5.41, 5.74) is -0.695. The van der Waals surface area contributed by atoms with Crippen molar-refractivity contribution in [3.05, 3.63) is 34.3 Å². The van der Waals surface area contributed by atoms with E-state index in [4.69, 9.17) is 20.1 Å². The fourth-order valence-corrected chi connectivity index (χ4v) is 5.11. The Hall–Kier alpha value is -5.83. The van der Waals surface area contributed by atoms with E-state index in [0.717, 1.165) is 37.3 Å². The van der Waals surface area contributed by atoms with E-state index in [1.807, 2.05) is 0 Å². The van der Waals surface area contributed by atoms with Crippen molar-refractivity contribution in [2.45, 2.75) is 43.7 Å². The summed E-state index contributed by atoms with van der Waals surface area (Å²) in [6, 6.07) is -1.93. The summed E-state index contributed by atoms with van der Waals surface area (Å²) in [5, 5.41) is 46.2. The van der Waals surface area contributed by atoms with Gasteiger partial charge in [0.25, 0.3) is 23.6 Å². The maximum atomic E-state index is 13.4. The number of amides is 4. The molecule has 3 aliphatic rings. The van der Waals surface area contributed by atoms with Crippen LogP contribution in [0.5, 0.6) is 11.5 Å². The number of fused-ring (bicyclic) bond motifs is 1. The van der Waals surface area contributed by atoms with Gasteiger partial charge in [-0.05, 0) is 26.0 Å². The van der Waals surface area contributed by atoms with Gasteiger partial charge in [-0.15, -0.1) is 11.3 Å². The number of anilines is 1. The number of thiazole rings is 1. The second-order valence-electron chi connectivity index (χ2n) is 10.5. The number of esters is 1. The molecule has 0 saturated carbocycles. The minimum atomic E-state index is -2.91. The Kier molecular flexibility index (Phi) is 7.52.